The van der Waals surface area contributed by atoms with Crippen LogP contribution in [-0.4, -0.2) is 63.3 Å². The number of benzene rings is 1. The number of quaternary nitrogens is 1. The summed E-state index contributed by atoms with van der Waals surface area (Å²) in [5, 5.41) is 9.59. The third kappa shape index (κ3) is 7.53. The highest BCUT2D eigenvalue weighted by molar-refractivity contribution is 6.01. The van der Waals surface area contributed by atoms with Crippen molar-refractivity contribution in [1.29, 1.82) is 5.26 Å². The quantitative estimate of drug-likeness (QED) is 0.181. The first-order valence-corrected chi connectivity index (χ1v) is 10.4. The number of carbonyl (C=O) groups excluding carboxylic acids is 2. The van der Waals surface area contributed by atoms with Gasteiger partial charge in [0.1, 0.15) is 19.2 Å². The van der Waals surface area contributed by atoms with Crippen LogP contribution >= 0.6 is 0 Å². The summed E-state index contributed by atoms with van der Waals surface area (Å²) in [4.78, 5) is 26.4. The number of likely N-dealkylation sites (N-methyl/N-ethyl adjacent to an activating group) is 1. The van der Waals surface area contributed by atoms with Crippen molar-refractivity contribution in [2.24, 2.45) is 0 Å². The lowest BCUT2D eigenvalue weighted by molar-refractivity contribution is -0.890. The molecule has 0 N–H and O–H groups in total. The van der Waals surface area contributed by atoms with Crippen molar-refractivity contribution < 1.29 is 23.5 Å². The Kier molecular flexibility index (Phi) is 10.1. The van der Waals surface area contributed by atoms with Gasteiger partial charge in [-0.05, 0) is 44.5 Å². The molecule has 0 aliphatic carbocycles. The molecule has 0 atom stereocenters. The molecular formula is C23H34N3O4+. The van der Waals surface area contributed by atoms with Gasteiger partial charge in [-0.25, -0.2) is 4.79 Å². The molecular weight excluding hydrogens is 382 g/mol. The molecule has 0 fully saturated rings. The smallest absolute Gasteiger partial charge is 0.353 e. The van der Waals surface area contributed by atoms with Gasteiger partial charge in [0.15, 0.2) is 11.3 Å². The Morgan fingerprint density at radius 2 is 1.67 bits per heavy atom. The molecule has 0 unspecified atom stereocenters. The molecule has 0 aliphatic rings. The van der Waals surface area contributed by atoms with Crippen LogP contribution in [-0.2, 0) is 19.1 Å². The molecule has 0 spiro atoms. The minimum Gasteiger partial charge on any atom is -0.455 e. The highest BCUT2D eigenvalue weighted by Gasteiger charge is 2.23. The number of hydrogen-bond donors (Lipinski definition) is 0. The summed E-state index contributed by atoms with van der Waals surface area (Å²) in [7, 11) is 4.11. The van der Waals surface area contributed by atoms with E-state index in [4.69, 9.17) is 9.47 Å². The minimum absolute atomic E-state index is 0.0802. The zero-order chi connectivity index (χ0) is 22.7. The van der Waals surface area contributed by atoms with Gasteiger partial charge in [-0.2, -0.15) is 5.26 Å². The van der Waals surface area contributed by atoms with Gasteiger partial charge in [0.25, 0.3) is 0 Å². The average molecular weight is 417 g/mol. The lowest BCUT2D eigenvalue weighted by atomic mass is 10.1. The highest BCUT2D eigenvalue weighted by atomic mass is 16.5. The Balaban J connectivity index is 3.13. The van der Waals surface area contributed by atoms with E-state index in [2.05, 4.69) is 39.8 Å². The van der Waals surface area contributed by atoms with Crippen LogP contribution in [0.3, 0.4) is 0 Å². The summed E-state index contributed by atoms with van der Waals surface area (Å²) < 4.78 is 11.3. The number of anilines is 1. The number of hydrogen-bond acceptors (Lipinski definition) is 6. The predicted octanol–water partition coefficient (Wildman–Crippen LogP) is 3.36. The molecule has 7 nitrogen and oxygen atoms in total. The van der Waals surface area contributed by atoms with Gasteiger partial charge in [0.2, 0.25) is 0 Å². The summed E-state index contributed by atoms with van der Waals surface area (Å²) in [6, 6.07) is 9.06. The Morgan fingerprint density at radius 1 is 1.07 bits per heavy atom. The Bertz CT molecular complexity index is 788. The summed E-state index contributed by atoms with van der Waals surface area (Å²) in [5.41, 5.74) is 1.15. The maximum absolute atomic E-state index is 12.6. The molecule has 0 aliphatic heterocycles. The third-order valence-electron chi connectivity index (χ3n) is 4.81. The number of rotatable bonds is 11. The standard InChI is InChI=1S/C23H34N3O4/c1-7-14-26(5,6)15-16-29-23(28)21(17-24)22(30-18(4)27)19-10-12-20(13-11-19)25(8-2)9-3/h10-13H,7-9,14-16H2,1-6H3/q+1/b22-21+. The van der Waals surface area contributed by atoms with Crippen molar-refractivity contribution >= 4 is 23.4 Å². The SMILES string of the molecule is CCC[N+](C)(C)CCOC(=O)/C(C#N)=C(/OC(C)=O)c1ccc(N(CC)CC)cc1. The van der Waals surface area contributed by atoms with E-state index >= 15 is 0 Å². The summed E-state index contributed by atoms with van der Waals surface area (Å²) in [5.74, 6) is -1.49. The van der Waals surface area contributed by atoms with E-state index in [1.54, 1.807) is 12.1 Å². The second kappa shape index (κ2) is 12.0. The van der Waals surface area contributed by atoms with Gasteiger partial charge in [-0.15, -0.1) is 0 Å². The van der Waals surface area contributed by atoms with Gasteiger partial charge in [-0.1, -0.05) is 6.92 Å². The highest BCUT2D eigenvalue weighted by Crippen LogP contribution is 2.24. The molecule has 0 saturated carbocycles. The van der Waals surface area contributed by atoms with Crippen LogP contribution in [0.4, 0.5) is 5.69 Å². The van der Waals surface area contributed by atoms with E-state index in [1.165, 1.54) is 6.92 Å². The van der Waals surface area contributed by atoms with Crippen molar-refractivity contribution in [1.82, 2.24) is 0 Å². The molecule has 1 aromatic rings. The van der Waals surface area contributed by atoms with Gasteiger partial charge in [0.05, 0.1) is 20.6 Å². The fourth-order valence-electron chi connectivity index (χ4n) is 3.17. The van der Waals surface area contributed by atoms with E-state index in [1.807, 2.05) is 18.2 Å². The molecule has 0 bridgehead atoms. The van der Waals surface area contributed by atoms with Crippen LogP contribution in [0, 0.1) is 11.3 Å². The van der Waals surface area contributed by atoms with Gasteiger partial charge >= 0.3 is 11.9 Å². The molecule has 30 heavy (non-hydrogen) atoms. The fourth-order valence-corrected chi connectivity index (χ4v) is 3.17. The number of ether oxygens (including phenoxy) is 2. The van der Waals surface area contributed by atoms with Crippen molar-refractivity contribution in [2.45, 2.75) is 34.1 Å². The molecule has 7 heteroatoms. The van der Waals surface area contributed by atoms with E-state index in [0.29, 0.717) is 16.6 Å². The largest absolute Gasteiger partial charge is 0.455 e. The normalized spacial score (nSPS) is 11.9. The number of carbonyl (C=O) groups is 2. The first kappa shape index (κ1) is 25.2. The van der Waals surface area contributed by atoms with Crippen molar-refractivity contribution in [3.05, 3.63) is 35.4 Å². The Labute approximate surface area is 180 Å². The lowest BCUT2D eigenvalue weighted by Gasteiger charge is -2.28. The van der Waals surface area contributed by atoms with Crippen molar-refractivity contribution in [3.8, 4) is 6.07 Å². The van der Waals surface area contributed by atoms with Crippen LogP contribution in [0.5, 0.6) is 0 Å². The summed E-state index contributed by atoms with van der Waals surface area (Å²) >= 11 is 0. The third-order valence-corrected chi connectivity index (χ3v) is 4.81. The summed E-state index contributed by atoms with van der Waals surface area (Å²) in [6.45, 7) is 10.9. The molecule has 0 amide bonds. The monoisotopic (exact) mass is 416 g/mol. The molecule has 0 aromatic heterocycles. The topological polar surface area (TPSA) is 79.6 Å². The maximum Gasteiger partial charge on any atom is 0.353 e. The van der Waals surface area contributed by atoms with E-state index in [0.717, 1.165) is 31.7 Å². The van der Waals surface area contributed by atoms with Gasteiger partial charge in [-0.3, -0.25) is 4.79 Å². The first-order valence-electron chi connectivity index (χ1n) is 10.4. The predicted molar refractivity (Wildman–Crippen MR) is 117 cm³/mol. The van der Waals surface area contributed by atoms with Crippen LogP contribution in [0.1, 0.15) is 39.7 Å². The van der Waals surface area contributed by atoms with E-state index in [9.17, 15) is 14.9 Å². The van der Waals surface area contributed by atoms with Crippen molar-refractivity contribution in [3.63, 3.8) is 0 Å². The van der Waals surface area contributed by atoms with Gasteiger partial charge in [0, 0.05) is 31.3 Å². The molecule has 1 rings (SSSR count). The van der Waals surface area contributed by atoms with E-state index < -0.39 is 11.9 Å². The molecule has 0 radical (unpaired) electrons. The minimum atomic E-state index is -0.793. The zero-order valence-corrected chi connectivity index (χ0v) is 19.0. The zero-order valence-electron chi connectivity index (χ0n) is 19.0. The number of nitrogens with zero attached hydrogens (tertiary/aromatic N) is 3. The molecule has 164 valence electrons. The Hall–Kier alpha value is -2.85. The lowest BCUT2D eigenvalue weighted by Crippen LogP contribution is -2.43. The maximum atomic E-state index is 12.6. The molecule has 0 saturated heterocycles. The van der Waals surface area contributed by atoms with Crippen LogP contribution in [0.25, 0.3) is 5.76 Å². The molecule has 0 heterocycles. The number of esters is 2. The van der Waals surface area contributed by atoms with Crippen molar-refractivity contribution in [2.75, 3.05) is 51.8 Å². The average Bonchev–Trinajstić information content (AvgIpc) is 2.69. The van der Waals surface area contributed by atoms with Crippen LogP contribution < -0.4 is 4.90 Å². The second-order valence-corrected chi connectivity index (χ2v) is 7.65. The second-order valence-electron chi connectivity index (χ2n) is 7.65. The Morgan fingerprint density at radius 3 is 2.13 bits per heavy atom. The summed E-state index contributed by atoms with van der Waals surface area (Å²) in [6.07, 6.45) is 1.02. The van der Waals surface area contributed by atoms with Crippen LogP contribution in [0.2, 0.25) is 0 Å². The number of nitriles is 1. The first-order chi connectivity index (χ1) is 14.2. The van der Waals surface area contributed by atoms with E-state index in [-0.39, 0.29) is 17.9 Å². The van der Waals surface area contributed by atoms with Gasteiger partial charge < -0.3 is 18.9 Å². The fraction of sp³-hybridized carbons (Fsp3) is 0.522. The van der Waals surface area contributed by atoms with Crippen LogP contribution in [0.15, 0.2) is 29.8 Å². The molecule has 1 aromatic carbocycles.